The van der Waals surface area contributed by atoms with Gasteiger partial charge in [0.25, 0.3) is 11.8 Å². The van der Waals surface area contributed by atoms with Crippen molar-refractivity contribution >= 4 is 35.1 Å². The van der Waals surface area contributed by atoms with Crippen molar-refractivity contribution in [2.45, 2.75) is 13.3 Å². The highest BCUT2D eigenvalue weighted by molar-refractivity contribution is 6.30. The normalized spacial score (nSPS) is 10.1. The van der Waals surface area contributed by atoms with E-state index in [-0.39, 0.29) is 18.9 Å². The van der Waals surface area contributed by atoms with Gasteiger partial charge in [-0.25, -0.2) is 0 Å². The summed E-state index contributed by atoms with van der Waals surface area (Å²) in [4.78, 5) is 35.6. The van der Waals surface area contributed by atoms with E-state index < -0.39 is 18.5 Å². The fourth-order valence-corrected chi connectivity index (χ4v) is 2.36. The molecule has 0 heterocycles. The smallest absolute Gasteiger partial charge is 0.308 e. The van der Waals surface area contributed by atoms with E-state index in [9.17, 15) is 14.4 Å². The molecule has 0 unspecified atom stereocenters. The summed E-state index contributed by atoms with van der Waals surface area (Å²) in [5, 5.41) is 5.76. The summed E-state index contributed by atoms with van der Waals surface area (Å²) in [5.74, 6) is -0.861. The molecule has 0 aromatic heterocycles. The summed E-state index contributed by atoms with van der Waals surface area (Å²) in [7, 11) is 0. The minimum atomic E-state index is -0.593. The molecule has 2 amide bonds. The molecule has 2 aromatic rings. The van der Waals surface area contributed by atoms with Crippen LogP contribution in [0.2, 0.25) is 5.02 Å². The number of hydrogen-bond acceptors (Lipinski definition) is 5. The average Bonchev–Trinajstić information content (AvgIpc) is 2.68. The molecule has 0 radical (unpaired) electrons. The molecule has 7 nitrogen and oxygen atoms in total. The molecule has 0 atom stereocenters. The van der Waals surface area contributed by atoms with Crippen LogP contribution >= 0.6 is 11.6 Å². The van der Waals surface area contributed by atoms with Gasteiger partial charge in [0.2, 0.25) is 0 Å². The van der Waals surface area contributed by atoms with E-state index in [1.165, 1.54) is 0 Å². The molecule has 0 spiro atoms. The Hall–Kier alpha value is -3.06. The molecule has 2 N–H and O–H groups in total. The first-order valence-electron chi connectivity index (χ1n) is 8.70. The Kier molecular flexibility index (Phi) is 8.30. The van der Waals surface area contributed by atoms with E-state index in [2.05, 4.69) is 10.6 Å². The van der Waals surface area contributed by atoms with Crippen molar-refractivity contribution in [3.8, 4) is 5.75 Å². The van der Waals surface area contributed by atoms with E-state index in [0.29, 0.717) is 28.6 Å². The van der Waals surface area contributed by atoms with Crippen molar-refractivity contribution < 1.29 is 23.9 Å². The monoisotopic (exact) mass is 404 g/mol. The second kappa shape index (κ2) is 10.9. The predicted molar refractivity (Wildman–Crippen MR) is 106 cm³/mol. The molecule has 0 saturated heterocycles. The minimum absolute atomic E-state index is 0.0534. The van der Waals surface area contributed by atoms with Crippen LogP contribution in [0.1, 0.15) is 23.7 Å². The highest BCUT2D eigenvalue weighted by atomic mass is 35.5. The summed E-state index contributed by atoms with van der Waals surface area (Å²) in [6.07, 6.45) is -0.0534. The number of para-hydroxylation sites is 2. The summed E-state index contributed by atoms with van der Waals surface area (Å²) >= 11 is 5.77. The zero-order valence-corrected chi connectivity index (χ0v) is 16.1. The van der Waals surface area contributed by atoms with Crippen LogP contribution in [0.5, 0.6) is 5.75 Å². The molecular formula is C20H21ClN2O5. The Labute approximate surface area is 168 Å². The van der Waals surface area contributed by atoms with Gasteiger partial charge in [0.15, 0.2) is 6.61 Å². The molecule has 8 heteroatoms. The van der Waals surface area contributed by atoms with E-state index in [1.54, 1.807) is 48.5 Å². The Morgan fingerprint density at radius 1 is 1.04 bits per heavy atom. The van der Waals surface area contributed by atoms with Gasteiger partial charge in [-0.3, -0.25) is 14.4 Å². The number of benzene rings is 2. The third-order valence-corrected chi connectivity index (χ3v) is 3.80. The number of carbonyl (C=O) groups is 3. The first kappa shape index (κ1) is 21.2. The Balaban J connectivity index is 1.70. The zero-order chi connectivity index (χ0) is 20.4. The summed E-state index contributed by atoms with van der Waals surface area (Å²) in [6.45, 7) is 1.97. The summed E-state index contributed by atoms with van der Waals surface area (Å²) in [5.41, 5.74) is 0.936. The lowest BCUT2D eigenvalue weighted by Gasteiger charge is -2.11. The van der Waals surface area contributed by atoms with Gasteiger partial charge in [0.1, 0.15) is 5.75 Å². The average molecular weight is 405 g/mol. The van der Waals surface area contributed by atoms with Crippen LogP contribution in [0.3, 0.4) is 0 Å². The van der Waals surface area contributed by atoms with Gasteiger partial charge in [0.05, 0.1) is 18.7 Å². The van der Waals surface area contributed by atoms with Crippen molar-refractivity contribution in [1.82, 2.24) is 5.32 Å². The topological polar surface area (TPSA) is 93.7 Å². The van der Waals surface area contributed by atoms with Crippen LogP contribution < -0.4 is 15.4 Å². The van der Waals surface area contributed by atoms with Crippen LogP contribution in [0.15, 0.2) is 48.5 Å². The molecule has 148 valence electrons. The summed E-state index contributed by atoms with van der Waals surface area (Å²) in [6, 6.07) is 13.3. The molecule has 0 aliphatic rings. The number of anilines is 1. The van der Waals surface area contributed by atoms with Gasteiger partial charge in [-0.1, -0.05) is 23.7 Å². The lowest BCUT2D eigenvalue weighted by Crippen LogP contribution is -2.27. The molecule has 0 fully saturated rings. The number of nitrogens with one attached hydrogen (secondary N) is 2. The largest absolute Gasteiger partial charge is 0.492 e. The Morgan fingerprint density at radius 2 is 1.75 bits per heavy atom. The number of ether oxygens (including phenoxy) is 2. The molecule has 0 aliphatic heterocycles. The minimum Gasteiger partial charge on any atom is -0.492 e. The maximum Gasteiger partial charge on any atom is 0.308 e. The first-order chi connectivity index (χ1) is 13.5. The SMILES string of the molecule is CCOc1ccccc1NC(=O)COC(=O)CCNC(=O)c1ccc(Cl)cc1. The predicted octanol–water partition coefficient (Wildman–Crippen LogP) is 3.04. The van der Waals surface area contributed by atoms with Crippen molar-refractivity contribution in [2.75, 3.05) is 25.1 Å². The quantitative estimate of drug-likeness (QED) is 0.626. The maximum absolute atomic E-state index is 11.9. The Bertz CT molecular complexity index is 824. The highest BCUT2D eigenvalue weighted by Gasteiger charge is 2.11. The summed E-state index contributed by atoms with van der Waals surface area (Å²) < 4.78 is 10.3. The molecule has 2 rings (SSSR count). The third kappa shape index (κ3) is 6.92. The molecule has 28 heavy (non-hydrogen) atoms. The second-order valence-corrected chi connectivity index (χ2v) is 6.09. The van der Waals surface area contributed by atoms with E-state index >= 15 is 0 Å². The van der Waals surface area contributed by atoms with Crippen molar-refractivity contribution in [2.24, 2.45) is 0 Å². The number of hydrogen-bond donors (Lipinski definition) is 2. The van der Waals surface area contributed by atoms with Crippen molar-refractivity contribution in [1.29, 1.82) is 0 Å². The van der Waals surface area contributed by atoms with Crippen LogP contribution in [-0.2, 0) is 14.3 Å². The van der Waals surface area contributed by atoms with E-state index in [1.807, 2.05) is 6.92 Å². The number of rotatable bonds is 9. The molecule has 2 aromatic carbocycles. The van der Waals surface area contributed by atoms with Gasteiger partial charge in [0, 0.05) is 17.1 Å². The van der Waals surface area contributed by atoms with Gasteiger partial charge < -0.3 is 20.1 Å². The molecule has 0 bridgehead atoms. The van der Waals surface area contributed by atoms with Crippen molar-refractivity contribution in [3.63, 3.8) is 0 Å². The lowest BCUT2D eigenvalue weighted by molar-refractivity contribution is -0.147. The molecular weight excluding hydrogens is 384 g/mol. The second-order valence-electron chi connectivity index (χ2n) is 5.65. The standard InChI is InChI=1S/C20H21ClN2O5/c1-2-27-17-6-4-3-5-16(17)23-18(24)13-28-19(25)11-12-22-20(26)14-7-9-15(21)10-8-14/h3-10H,2,11-13H2,1H3,(H,22,26)(H,23,24). The van der Waals surface area contributed by atoms with Crippen LogP contribution in [0.25, 0.3) is 0 Å². The first-order valence-corrected chi connectivity index (χ1v) is 9.08. The van der Waals surface area contributed by atoms with Crippen LogP contribution in [0, 0.1) is 0 Å². The van der Waals surface area contributed by atoms with Gasteiger partial charge in [-0.15, -0.1) is 0 Å². The third-order valence-electron chi connectivity index (χ3n) is 3.55. The number of carbonyl (C=O) groups excluding carboxylic acids is 3. The van der Waals surface area contributed by atoms with Crippen LogP contribution in [-0.4, -0.2) is 37.5 Å². The lowest BCUT2D eigenvalue weighted by atomic mass is 10.2. The zero-order valence-electron chi connectivity index (χ0n) is 15.4. The highest BCUT2D eigenvalue weighted by Crippen LogP contribution is 2.23. The number of halogens is 1. The molecule has 0 aliphatic carbocycles. The van der Waals surface area contributed by atoms with Crippen LogP contribution in [0.4, 0.5) is 5.69 Å². The fourth-order valence-electron chi connectivity index (χ4n) is 2.24. The van der Waals surface area contributed by atoms with Gasteiger partial charge >= 0.3 is 5.97 Å². The van der Waals surface area contributed by atoms with Gasteiger partial charge in [-0.05, 0) is 43.3 Å². The Morgan fingerprint density at radius 3 is 2.46 bits per heavy atom. The number of amides is 2. The van der Waals surface area contributed by atoms with Gasteiger partial charge in [-0.2, -0.15) is 0 Å². The van der Waals surface area contributed by atoms with Crippen molar-refractivity contribution in [3.05, 3.63) is 59.1 Å². The van der Waals surface area contributed by atoms with E-state index in [4.69, 9.17) is 21.1 Å². The fraction of sp³-hybridized carbons (Fsp3) is 0.250. The molecule has 0 saturated carbocycles. The maximum atomic E-state index is 11.9. The number of esters is 1. The van der Waals surface area contributed by atoms with E-state index in [0.717, 1.165) is 0 Å².